The lowest BCUT2D eigenvalue weighted by Gasteiger charge is -2.08. The fourth-order valence-corrected chi connectivity index (χ4v) is 2.40. The Morgan fingerprint density at radius 3 is 2.88 bits per heavy atom. The first kappa shape index (κ1) is 10.7. The van der Waals surface area contributed by atoms with Gasteiger partial charge in [-0.3, -0.25) is 0 Å². The minimum Gasteiger partial charge on any atom is -0.383 e. The topological polar surface area (TPSA) is 64.7 Å². The molecule has 88 valence electrons. The summed E-state index contributed by atoms with van der Waals surface area (Å²) in [5.41, 5.74) is 7.96. The van der Waals surface area contributed by atoms with Crippen LogP contribution in [-0.4, -0.2) is 15.0 Å². The molecule has 2 aromatic heterocycles. The van der Waals surface area contributed by atoms with Gasteiger partial charge in [0.05, 0.1) is 10.7 Å². The predicted octanol–water partition coefficient (Wildman–Crippen LogP) is 2.29. The van der Waals surface area contributed by atoms with Crippen molar-refractivity contribution in [2.75, 3.05) is 5.73 Å². The smallest absolute Gasteiger partial charge is 0.134 e. The molecule has 1 aliphatic rings. The Morgan fingerprint density at radius 1 is 1.41 bits per heavy atom. The van der Waals surface area contributed by atoms with Crippen LogP contribution in [0.4, 0.5) is 5.82 Å². The second-order valence-corrected chi connectivity index (χ2v) is 5.39. The SMILES string of the molecule is Cc1c(N)nc(C2CC2)nc1Cc1nccs1. The van der Waals surface area contributed by atoms with E-state index in [9.17, 15) is 0 Å². The number of nitrogen functional groups attached to an aromatic ring is 1. The first-order chi connectivity index (χ1) is 8.24. The molecule has 3 rings (SSSR count). The van der Waals surface area contributed by atoms with Crippen molar-refractivity contribution < 1.29 is 0 Å². The van der Waals surface area contributed by atoms with Gasteiger partial charge in [-0.15, -0.1) is 11.3 Å². The minimum absolute atomic E-state index is 0.535. The van der Waals surface area contributed by atoms with Gasteiger partial charge in [0.15, 0.2) is 0 Å². The van der Waals surface area contributed by atoms with Crippen molar-refractivity contribution in [3.05, 3.63) is 33.7 Å². The monoisotopic (exact) mass is 246 g/mol. The summed E-state index contributed by atoms with van der Waals surface area (Å²) in [6.07, 6.45) is 4.97. The molecule has 0 amide bonds. The van der Waals surface area contributed by atoms with Crippen molar-refractivity contribution in [1.29, 1.82) is 0 Å². The highest BCUT2D eigenvalue weighted by molar-refractivity contribution is 7.09. The summed E-state index contributed by atoms with van der Waals surface area (Å²) in [5.74, 6) is 2.07. The van der Waals surface area contributed by atoms with E-state index >= 15 is 0 Å². The first-order valence-corrected chi connectivity index (χ1v) is 6.63. The number of nitrogens with zero attached hydrogens (tertiary/aromatic N) is 3. The van der Waals surface area contributed by atoms with Crippen molar-refractivity contribution in [3.63, 3.8) is 0 Å². The zero-order valence-corrected chi connectivity index (χ0v) is 10.5. The highest BCUT2D eigenvalue weighted by Gasteiger charge is 2.27. The van der Waals surface area contributed by atoms with Crippen molar-refractivity contribution in [2.45, 2.75) is 32.1 Å². The third-order valence-corrected chi connectivity index (χ3v) is 3.83. The van der Waals surface area contributed by atoms with Crippen LogP contribution in [0, 0.1) is 6.92 Å². The molecule has 0 aromatic carbocycles. The van der Waals surface area contributed by atoms with Gasteiger partial charge in [-0.2, -0.15) is 0 Å². The Labute approximate surface area is 104 Å². The Hall–Kier alpha value is -1.49. The standard InChI is InChI=1S/C12H14N4S/c1-7-9(6-10-14-4-5-17-10)15-12(8-2-3-8)16-11(7)13/h4-5,8H,2-3,6H2,1H3,(H2,13,15,16). The molecule has 0 atom stereocenters. The summed E-state index contributed by atoms with van der Waals surface area (Å²) < 4.78 is 0. The van der Waals surface area contributed by atoms with Crippen LogP contribution < -0.4 is 5.73 Å². The maximum absolute atomic E-state index is 5.95. The lowest BCUT2D eigenvalue weighted by atomic mass is 10.2. The van der Waals surface area contributed by atoms with E-state index < -0.39 is 0 Å². The van der Waals surface area contributed by atoms with Gasteiger partial charge in [-0.25, -0.2) is 15.0 Å². The Balaban J connectivity index is 1.96. The van der Waals surface area contributed by atoms with Crippen LogP contribution in [0.15, 0.2) is 11.6 Å². The highest BCUT2D eigenvalue weighted by Crippen LogP contribution is 2.38. The van der Waals surface area contributed by atoms with Crippen molar-refractivity contribution in [2.24, 2.45) is 0 Å². The molecule has 0 aliphatic heterocycles. The van der Waals surface area contributed by atoms with E-state index in [-0.39, 0.29) is 0 Å². The largest absolute Gasteiger partial charge is 0.383 e. The van der Waals surface area contributed by atoms with Gasteiger partial charge in [0.1, 0.15) is 11.6 Å². The molecule has 0 bridgehead atoms. The summed E-state index contributed by atoms with van der Waals surface area (Å²) in [6, 6.07) is 0. The molecule has 2 N–H and O–H groups in total. The second kappa shape index (κ2) is 4.07. The Morgan fingerprint density at radius 2 is 2.24 bits per heavy atom. The third-order valence-electron chi connectivity index (χ3n) is 3.05. The van der Waals surface area contributed by atoms with Gasteiger partial charge in [0.2, 0.25) is 0 Å². The van der Waals surface area contributed by atoms with Crippen LogP contribution in [0.2, 0.25) is 0 Å². The van der Waals surface area contributed by atoms with Gasteiger partial charge in [0, 0.05) is 29.5 Å². The number of anilines is 1. The summed E-state index contributed by atoms with van der Waals surface area (Å²) in [6.45, 7) is 1.98. The number of nitrogens with two attached hydrogens (primary N) is 1. The van der Waals surface area contributed by atoms with Crippen LogP contribution in [-0.2, 0) is 6.42 Å². The lowest BCUT2D eigenvalue weighted by molar-refractivity contribution is 0.877. The molecule has 5 heteroatoms. The van der Waals surface area contributed by atoms with Crippen molar-refractivity contribution in [1.82, 2.24) is 15.0 Å². The van der Waals surface area contributed by atoms with Crippen LogP contribution in [0.1, 0.15) is 40.8 Å². The average molecular weight is 246 g/mol. The molecular formula is C12H14N4S. The van der Waals surface area contributed by atoms with Gasteiger partial charge < -0.3 is 5.73 Å². The van der Waals surface area contributed by atoms with E-state index in [4.69, 9.17) is 5.73 Å². The summed E-state index contributed by atoms with van der Waals surface area (Å²) in [4.78, 5) is 13.3. The Kier molecular flexibility index (Phi) is 2.55. The fraction of sp³-hybridized carbons (Fsp3) is 0.417. The fourth-order valence-electron chi connectivity index (χ4n) is 1.78. The van der Waals surface area contributed by atoms with Crippen LogP contribution >= 0.6 is 11.3 Å². The van der Waals surface area contributed by atoms with Gasteiger partial charge in [-0.1, -0.05) is 0 Å². The Bertz CT molecular complexity index is 532. The molecular weight excluding hydrogens is 232 g/mol. The van der Waals surface area contributed by atoms with Gasteiger partial charge in [-0.05, 0) is 19.8 Å². The molecule has 17 heavy (non-hydrogen) atoms. The van der Waals surface area contributed by atoms with Crippen LogP contribution in [0.25, 0.3) is 0 Å². The van der Waals surface area contributed by atoms with Crippen molar-refractivity contribution >= 4 is 17.2 Å². The predicted molar refractivity (Wildman–Crippen MR) is 68.1 cm³/mol. The lowest BCUT2D eigenvalue weighted by Crippen LogP contribution is -2.07. The summed E-state index contributed by atoms with van der Waals surface area (Å²) in [7, 11) is 0. The van der Waals surface area contributed by atoms with Gasteiger partial charge in [0.25, 0.3) is 0 Å². The molecule has 2 aromatic rings. The molecule has 0 spiro atoms. The van der Waals surface area contributed by atoms with E-state index in [1.165, 1.54) is 12.8 Å². The number of thiazole rings is 1. The molecule has 1 saturated carbocycles. The number of rotatable bonds is 3. The quantitative estimate of drug-likeness (QED) is 0.902. The summed E-state index contributed by atoms with van der Waals surface area (Å²) >= 11 is 1.65. The highest BCUT2D eigenvalue weighted by atomic mass is 32.1. The normalized spacial score (nSPS) is 15.1. The van der Waals surface area contributed by atoms with E-state index in [2.05, 4.69) is 15.0 Å². The third kappa shape index (κ3) is 2.15. The molecule has 2 heterocycles. The number of aromatic nitrogens is 3. The minimum atomic E-state index is 0.535. The maximum Gasteiger partial charge on any atom is 0.134 e. The second-order valence-electron chi connectivity index (χ2n) is 4.42. The van der Waals surface area contributed by atoms with E-state index in [1.54, 1.807) is 11.3 Å². The maximum atomic E-state index is 5.95. The average Bonchev–Trinajstić information content (AvgIpc) is 3.04. The van der Waals surface area contributed by atoms with Crippen LogP contribution in [0.3, 0.4) is 0 Å². The number of hydrogen-bond acceptors (Lipinski definition) is 5. The molecule has 0 radical (unpaired) electrons. The van der Waals surface area contributed by atoms with E-state index in [1.807, 2.05) is 18.5 Å². The number of hydrogen-bond donors (Lipinski definition) is 1. The zero-order valence-electron chi connectivity index (χ0n) is 9.68. The van der Waals surface area contributed by atoms with E-state index in [0.29, 0.717) is 11.7 Å². The summed E-state index contributed by atoms with van der Waals surface area (Å²) in [5, 5.41) is 3.06. The molecule has 1 fully saturated rings. The zero-order chi connectivity index (χ0) is 11.8. The molecule has 0 unspecified atom stereocenters. The van der Waals surface area contributed by atoms with E-state index in [0.717, 1.165) is 28.5 Å². The van der Waals surface area contributed by atoms with Gasteiger partial charge >= 0.3 is 0 Å². The van der Waals surface area contributed by atoms with Crippen molar-refractivity contribution in [3.8, 4) is 0 Å². The first-order valence-electron chi connectivity index (χ1n) is 5.75. The molecule has 1 aliphatic carbocycles. The van der Waals surface area contributed by atoms with Crippen LogP contribution in [0.5, 0.6) is 0 Å². The molecule has 0 saturated heterocycles. The molecule has 4 nitrogen and oxygen atoms in total.